The number of nitrogens with zero attached hydrogens (tertiary/aromatic N) is 2. The van der Waals surface area contributed by atoms with Gasteiger partial charge in [-0.05, 0) is 43.5 Å². The smallest absolute Gasteiger partial charge is 0.225 e. The van der Waals surface area contributed by atoms with E-state index in [-0.39, 0.29) is 11.8 Å². The minimum atomic E-state index is 0.0657. The molecule has 0 radical (unpaired) electrons. The molecule has 4 heteroatoms. The van der Waals surface area contributed by atoms with E-state index >= 15 is 0 Å². The molecule has 1 atom stereocenters. The van der Waals surface area contributed by atoms with Gasteiger partial charge < -0.3 is 10.6 Å². The lowest BCUT2D eigenvalue weighted by Crippen LogP contribution is -2.33. The normalized spacial score (nSPS) is 12.2. The van der Waals surface area contributed by atoms with Gasteiger partial charge in [0.15, 0.2) is 0 Å². The molecule has 0 saturated carbocycles. The van der Waals surface area contributed by atoms with E-state index < -0.39 is 0 Å². The van der Waals surface area contributed by atoms with Crippen molar-refractivity contribution in [2.75, 3.05) is 20.1 Å². The predicted octanol–water partition coefficient (Wildman–Crippen LogP) is 1.46. The number of nitrogens with two attached hydrogens (primary N) is 1. The number of rotatable bonds is 7. The molecule has 18 heavy (non-hydrogen) atoms. The van der Waals surface area contributed by atoms with E-state index in [1.807, 2.05) is 31.0 Å². The van der Waals surface area contributed by atoms with Crippen LogP contribution >= 0.6 is 0 Å². The summed E-state index contributed by atoms with van der Waals surface area (Å²) >= 11 is 0. The lowest BCUT2D eigenvalue weighted by atomic mass is 10.0. The minimum Gasteiger partial charge on any atom is -0.345 e. The Morgan fingerprint density at radius 1 is 1.44 bits per heavy atom. The largest absolute Gasteiger partial charge is 0.345 e. The van der Waals surface area contributed by atoms with E-state index in [0.29, 0.717) is 6.54 Å². The number of hydrogen-bond acceptors (Lipinski definition) is 3. The molecule has 0 saturated heterocycles. The lowest BCUT2D eigenvalue weighted by Gasteiger charge is -2.21. The van der Waals surface area contributed by atoms with Crippen LogP contribution in [0, 0.1) is 5.92 Å². The molecule has 1 aromatic heterocycles. The number of amides is 1. The summed E-state index contributed by atoms with van der Waals surface area (Å²) in [6.07, 6.45) is 6.20. The van der Waals surface area contributed by atoms with Gasteiger partial charge in [-0.15, -0.1) is 0 Å². The molecule has 0 aliphatic carbocycles. The van der Waals surface area contributed by atoms with Crippen molar-refractivity contribution in [3.05, 3.63) is 30.1 Å². The zero-order valence-corrected chi connectivity index (χ0v) is 11.3. The average molecular weight is 249 g/mol. The van der Waals surface area contributed by atoms with E-state index in [1.54, 1.807) is 12.4 Å². The molecule has 0 bridgehead atoms. The number of carbonyl (C=O) groups is 1. The van der Waals surface area contributed by atoms with Crippen LogP contribution in [-0.4, -0.2) is 35.9 Å². The zero-order valence-electron chi connectivity index (χ0n) is 11.3. The fraction of sp³-hybridized carbons (Fsp3) is 0.571. The summed E-state index contributed by atoms with van der Waals surface area (Å²) in [4.78, 5) is 17.8. The lowest BCUT2D eigenvalue weighted by molar-refractivity contribution is -0.133. The number of likely N-dealkylation sites (N-methyl/N-ethyl adjacent to an activating group) is 1. The van der Waals surface area contributed by atoms with Crippen LogP contribution in [0.4, 0.5) is 0 Å². The van der Waals surface area contributed by atoms with Gasteiger partial charge in [-0.2, -0.15) is 0 Å². The van der Waals surface area contributed by atoms with Crippen molar-refractivity contribution in [2.24, 2.45) is 11.7 Å². The molecule has 0 aliphatic rings. The van der Waals surface area contributed by atoms with E-state index in [4.69, 9.17) is 5.73 Å². The number of pyridine rings is 1. The molecule has 0 fully saturated rings. The van der Waals surface area contributed by atoms with Gasteiger partial charge in [0.05, 0.1) is 0 Å². The Morgan fingerprint density at radius 2 is 2.11 bits per heavy atom. The second-order valence-electron chi connectivity index (χ2n) is 4.70. The zero-order chi connectivity index (χ0) is 13.4. The number of hydrogen-bond donors (Lipinski definition) is 1. The maximum absolute atomic E-state index is 12.0. The molecule has 1 aromatic rings. The summed E-state index contributed by atoms with van der Waals surface area (Å²) in [5.74, 6) is 0.272. The Morgan fingerprint density at radius 3 is 2.72 bits per heavy atom. The maximum atomic E-state index is 12.0. The summed E-state index contributed by atoms with van der Waals surface area (Å²) in [5.41, 5.74) is 6.66. The van der Waals surface area contributed by atoms with Crippen LogP contribution < -0.4 is 5.73 Å². The minimum absolute atomic E-state index is 0.0657. The first-order valence-corrected chi connectivity index (χ1v) is 6.49. The highest BCUT2D eigenvalue weighted by atomic mass is 16.2. The molecular formula is C14H23N3O. The predicted molar refractivity (Wildman–Crippen MR) is 73.0 cm³/mol. The van der Waals surface area contributed by atoms with Gasteiger partial charge in [0.25, 0.3) is 0 Å². The first-order chi connectivity index (χ1) is 8.65. The van der Waals surface area contributed by atoms with Gasteiger partial charge in [0.2, 0.25) is 5.91 Å². The molecular weight excluding hydrogens is 226 g/mol. The number of aromatic nitrogens is 1. The highest BCUT2D eigenvalue weighted by molar-refractivity contribution is 5.78. The van der Waals surface area contributed by atoms with Crippen LogP contribution in [0.5, 0.6) is 0 Å². The Balaban J connectivity index is 2.35. The molecule has 0 aliphatic heterocycles. The third-order valence-corrected chi connectivity index (χ3v) is 3.12. The molecule has 1 unspecified atom stereocenters. The first-order valence-electron chi connectivity index (χ1n) is 6.49. The van der Waals surface area contributed by atoms with Gasteiger partial charge in [0, 0.05) is 31.9 Å². The van der Waals surface area contributed by atoms with Crippen molar-refractivity contribution >= 4 is 5.91 Å². The third kappa shape index (κ3) is 4.84. The summed E-state index contributed by atoms with van der Waals surface area (Å²) in [6.45, 7) is 3.37. The average Bonchev–Trinajstić information content (AvgIpc) is 2.42. The SMILES string of the molecule is CC(CCCN)C(=O)N(C)CCc1ccncc1. The summed E-state index contributed by atoms with van der Waals surface area (Å²) in [6, 6.07) is 3.96. The van der Waals surface area contributed by atoms with Crippen LogP contribution in [0.15, 0.2) is 24.5 Å². The van der Waals surface area contributed by atoms with Gasteiger partial charge in [0.1, 0.15) is 0 Å². The van der Waals surface area contributed by atoms with Crippen LogP contribution in [0.25, 0.3) is 0 Å². The second kappa shape index (κ2) is 7.82. The second-order valence-corrected chi connectivity index (χ2v) is 4.70. The van der Waals surface area contributed by atoms with Crippen LogP contribution in [-0.2, 0) is 11.2 Å². The summed E-state index contributed by atoms with van der Waals surface area (Å²) in [5, 5.41) is 0. The van der Waals surface area contributed by atoms with Crippen molar-refractivity contribution in [3.8, 4) is 0 Å². The van der Waals surface area contributed by atoms with Crippen molar-refractivity contribution < 1.29 is 4.79 Å². The molecule has 1 rings (SSSR count). The Bertz CT molecular complexity index is 353. The van der Waals surface area contributed by atoms with Gasteiger partial charge in [-0.1, -0.05) is 6.92 Å². The molecule has 1 heterocycles. The fourth-order valence-corrected chi connectivity index (χ4v) is 1.88. The molecule has 4 nitrogen and oxygen atoms in total. The van der Waals surface area contributed by atoms with E-state index in [1.165, 1.54) is 5.56 Å². The van der Waals surface area contributed by atoms with Crippen LogP contribution in [0.3, 0.4) is 0 Å². The van der Waals surface area contributed by atoms with Crippen LogP contribution in [0.2, 0.25) is 0 Å². The Labute approximate surface area is 109 Å². The molecule has 2 N–H and O–H groups in total. The van der Waals surface area contributed by atoms with E-state index in [0.717, 1.165) is 25.8 Å². The summed E-state index contributed by atoms with van der Waals surface area (Å²) in [7, 11) is 1.86. The van der Waals surface area contributed by atoms with Crippen molar-refractivity contribution in [3.63, 3.8) is 0 Å². The van der Waals surface area contributed by atoms with E-state index in [2.05, 4.69) is 4.98 Å². The molecule has 1 amide bonds. The Hall–Kier alpha value is -1.42. The fourth-order valence-electron chi connectivity index (χ4n) is 1.88. The maximum Gasteiger partial charge on any atom is 0.225 e. The molecule has 0 aromatic carbocycles. The first kappa shape index (κ1) is 14.6. The monoisotopic (exact) mass is 249 g/mol. The quantitative estimate of drug-likeness (QED) is 0.796. The standard InChI is InChI=1S/C14H23N3O/c1-12(4-3-8-15)14(18)17(2)11-7-13-5-9-16-10-6-13/h5-6,9-10,12H,3-4,7-8,11,15H2,1-2H3. The molecule has 0 spiro atoms. The molecule has 100 valence electrons. The van der Waals surface area contributed by atoms with Crippen LogP contribution in [0.1, 0.15) is 25.3 Å². The van der Waals surface area contributed by atoms with E-state index in [9.17, 15) is 4.79 Å². The number of carbonyl (C=O) groups excluding carboxylic acids is 1. The third-order valence-electron chi connectivity index (χ3n) is 3.12. The van der Waals surface area contributed by atoms with Crippen molar-refractivity contribution in [1.82, 2.24) is 9.88 Å². The summed E-state index contributed by atoms with van der Waals surface area (Å²) < 4.78 is 0. The Kier molecular flexibility index (Phi) is 6.36. The van der Waals surface area contributed by atoms with Crippen molar-refractivity contribution in [2.45, 2.75) is 26.2 Å². The van der Waals surface area contributed by atoms with Gasteiger partial charge >= 0.3 is 0 Å². The highest BCUT2D eigenvalue weighted by Crippen LogP contribution is 2.09. The topological polar surface area (TPSA) is 59.2 Å². The van der Waals surface area contributed by atoms with Crippen molar-refractivity contribution in [1.29, 1.82) is 0 Å². The highest BCUT2D eigenvalue weighted by Gasteiger charge is 2.16. The van der Waals surface area contributed by atoms with Gasteiger partial charge in [-0.3, -0.25) is 9.78 Å². The van der Waals surface area contributed by atoms with Gasteiger partial charge in [-0.25, -0.2) is 0 Å².